The van der Waals surface area contributed by atoms with E-state index in [1.807, 2.05) is 18.2 Å². The molecular weight excluding hydrogens is 246 g/mol. The highest BCUT2D eigenvalue weighted by Crippen LogP contribution is 2.15. The van der Waals surface area contributed by atoms with Crippen molar-refractivity contribution in [2.24, 2.45) is 0 Å². The van der Waals surface area contributed by atoms with Gasteiger partial charge in [-0.1, -0.05) is 48.5 Å². The molecule has 0 bridgehead atoms. The van der Waals surface area contributed by atoms with Crippen molar-refractivity contribution in [1.82, 2.24) is 5.32 Å². The molecule has 0 radical (unpaired) electrons. The minimum absolute atomic E-state index is 0.456. The highest BCUT2D eigenvalue weighted by molar-refractivity contribution is 5.31. The van der Waals surface area contributed by atoms with Gasteiger partial charge in [-0.05, 0) is 37.5 Å². The maximum atomic E-state index is 5.77. The first kappa shape index (κ1) is 14.6. The summed E-state index contributed by atoms with van der Waals surface area (Å²) >= 11 is 0. The van der Waals surface area contributed by atoms with Gasteiger partial charge in [0, 0.05) is 12.6 Å². The zero-order valence-electron chi connectivity index (χ0n) is 12.3. The summed E-state index contributed by atoms with van der Waals surface area (Å²) in [6.07, 6.45) is 1.05. The summed E-state index contributed by atoms with van der Waals surface area (Å²) < 4.78 is 5.77. The molecular formula is C18H23NO. The van der Waals surface area contributed by atoms with Crippen LogP contribution in [0.4, 0.5) is 0 Å². The molecule has 1 N–H and O–H groups in total. The molecule has 1 unspecified atom stereocenters. The summed E-state index contributed by atoms with van der Waals surface area (Å²) in [5.74, 6) is 0.977. The molecule has 0 aliphatic rings. The molecule has 2 nitrogen and oxygen atoms in total. The number of hydrogen-bond donors (Lipinski definition) is 1. The van der Waals surface area contributed by atoms with Crippen LogP contribution in [0.25, 0.3) is 0 Å². The van der Waals surface area contributed by atoms with E-state index < -0.39 is 0 Å². The monoisotopic (exact) mass is 269 g/mol. The SMILES string of the molecule is Cc1ccccc1OCCNC(C)Cc1ccccc1. The van der Waals surface area contributed by atoms with Crippen LogP contribution in [-0.4, -0.2) is 19.2 Å². The lowest BCUT2D eigenvalue weighted by Crippen LogP contribution is -2.31. The zero-order chi connectivity index (χ0) is 14.2. The van der Waals surface area contributed by atoms with Crippen molar-refractivity contribution in [1.29, 1.82) is 0 Å². The van der Waals surface area contributed by atoms with E-state index in [1.165, 1.54) is 11.1 Å². The molecule has 0 heterocycles. The van der Waals surface area contributed by atoms with Crippen molar-refractivity contribution in [2.75, 3.05) is 13.2 Å². The largest absolute Gasteiger partial charge is 0.492 e. The molecule has 106 valence electrons. The number of nitrogens with one attached hydrogen (secondary N) is 1. The van der Waals surface area contributed by atoms with Crippen LogP contribution >= 0.6 is 0 Å². The molecule has 20 heavy (non-hydrogen) atoms. The van der Waals surface area contributed by atoms with E-state index in [-0.39, 0.29) is 0 Å². The molecule has 0 aromatic heterocycles. The standard InChI is InChI=1S/C18H23NO/c1-15-8-6-7-11-18(15)20-13-12-19-16(2)14-17-9-4-3-5-10-17/h3-11,16,19H,12-14H2,1-2H3. The van der Waals surface area contributed by atoms with Crippen LogP contribution in [0.3, 0.4) is 0 Å². The van der Waals surface area contributed by atoms with Gasteiger partial charge in [0.25, 0.3) is 0 Å². The summed E-state index contributed by atoms with van der Waals surface area (Å²) in [7, 11) is 0. The first-order valence-corrected chi connectivity index (χ1v) is 7.21. The maximum absolute atomic E-state index is 5.77. The number of para-hydroxylation sites is 1. The van der Waals surface area contributed by atoms with Crippen molar-refractivity contribution in [3.05, 3.63) is 65.7 Å². The van der Waals surface area contributed by atoms with Gasteiger partial charge in [-0.2, -0.15) is 0 Å². The van der Waals surface area contributed by atoms with Crippen LogP contribution in [0, 0.1) is 6.92 Å². The average molecular weight is 269 g/mol. The summed E-state index contributed by atoms with van der Waals surface area (Å²) in [5, 5.41) is 3.50. The van der Waals surface area contributed by atoms with Crippen molar-refractivity contribution >= 4 is 0 Å². The topological polar surface area (TPSA) is 21.3 Å². The molecule has 0 spiro atoms. The van der Waals surface area contributed by atoms with E-state index in [9.17, 15) is 0 Å². The van der Waals surface area contributed by atoms with Gasteiger partial charge in [-0.15, -0.1) is 0 Å². The van der Waals surface area contributed by atoms with Crippen LogP contribution in [-0.2, 0) is 6.42 Å². The summed E-state index contributed by atoms with van der Waals surface area (Å²) in [5.41, 5.74) is 2.55. The van der Waals surface area contributed by atoms with Gasteiger partial charge < -0.3 is 10.1 Å². The lowest BCUT2D eigenvalue weighted by Gasteiger charge is -2.15. The Kier molecular flexibility index (Phi) is 5.63. The summed E-state index contributed by atoms with van der Waals surface area (Å²) in [4.78, 5) is 0. The lowest BCUT2D eigenvalue weighted by molar-refractivity contribution is 0.305. The Hall–Kier alpha value is -1.80. The molecule has 0 amide bonds. The van der Waals surface area contributed by atoms with E-state index in [0.29, 0.717) is 12.6 Å². The Bertz CT molecular complexity index is 510. The van der Waals surface area contributed by atoms with Crippen LogP contribution < -0.4 is 10.1 Å². The van der Waals surface area contributed by atoms with E-state index in [2.05, 4.69) is 55.6 Å². The predicted octanol–water partition coefficient (Wildman–Crippen LogP) is 3.59. The number of aryl methyl sites for hydroxylation is 1. The predicted molar refractivity (Wildman–Crippen MR) is 84.3 cm³/mol. The first-order valence-electron chi connectivity index (χ1n) is 7.21. The van der Waals surface area contributed by atoms with Gasteiger partial charge in [0.05, 0.1) is 0 Å². The number of ether oxygens (including phenoxy) is 1. The molecule has 1 atom stereocenters. The third kappa shape index (κ3) is 4.71. The zero-order valence-corrected chi connectivity index (χ0v) is 12.3. The lowest BCUT2D eigenvalue weighted by atomic mass is 10.1. The minimum atomic E-state index is 0.456. The average Bonchev–Trinajstić information content (AvgIpc) is 2.46. The molecule has 0 saturated heterocycles. The third-order valence-electron chi connectivity index (χ3n) is 3.33. The fourth-order valence-corrected chi connectivity index (χ4v) is 2.22. The Labute approximate surface area is 121 Å². The van der Waals surface area contributed by atoms with Crippen LogP contribution in [0.5, 0.6) is 5.75 Å². The van der Waals surface area contributed by atoms with Gasteiger partial charge in [-0.3, -0.25) is 0 Å². The second-order valence-electron chi connectivity index (χ2n) is 5.16. The molecule has 0 fully saturated rings. The van der Waals surface area contributed by atoms with Gasteiger partial charge in [0.2, 0.25) is 0 Å². The highest BCUT2D eigenvalue weighted by atomic mass is 16.5. The second-order valence-corrected chi connectivity index (χ2v) is 5.16. The summed E-state index contributed by atoms with van der Waals surface area (Å²) in [6.45, 7) is 5.84. The molecule has 2 aromatic carbocycles. The maximum Gasteiger partial charge on any atom is 0.122 e. The van der Waals surface area contributed by atoms with E-state index >= 15 is 0 Å². The fraction of sp³-hybridized carbons (Fsp3) is 0.333. The van der Waals surface area contributed by atoms with Crippen molar-refractivity contribution in [3.8, 4) is 5.75 Å². The molecule has 2 rings (SSSR count). The molecule has 0 saturated carbocycles. The van der Waals surface area contributed by atoms with E-state index in [0.717, 1.165) is 18.7 Å². The highest BCUT2D eigenvalue weighted by Gasteiger charge is 2.03. The second kappa shape index (κ2) is 7.71. The number of benzene rings is 2. The van der Waals surface area contributed by atoms with E-state index in [1.54, 1.807) is 0 Å². The van der Waals surface area contributed by atoms with E-state index in [4.69, 9.17) is 4.74 Å². The Morgan fingerprint density at radius 1 is 1.00 bits per heavy atom. The molecule has 0 aliphatic carbocycles. The smallest absolute Gasteiger partial charge is 0.122 e. The van der Waals surface area contributed by atoms with Crippen molar-refractivity contribution in [3.63, 3.8) is 0 Å². The van der Waals surface area contributed by atoms with Crippen molar-refractivity contribution < 1.29 is 4.74 Å². The van der Waals surface area contributed by atoms with Gasteiger partial charge in [0.15, 0.2) is 0 Å². The normalized spacial score (nSPS) is 12.1. The Morgan fingerprint density at radius 3 is 2.45 bits per heavy atom. The number of rotatable bonds is 7. The van der Waals surface area contributed by atoms with Crippen LogP contribution in [0.15, 0.2) is 54.6 Å². The van der Waals surface area contributed by atoms with Gasteiger partial charge >= 0.3 is 0 Å². The Balaban J connectivity index is 1.67. The Morgan fingerprint density at radius 2 is 1.70 bits per heavy atom. The number of hydrogen-bond acceptors (Lipinski definition) is 2. The minimum Gasteiger partial charge on any atom is -0.492 e. The third-order valence-corrected chi connectivity index (χ3v) is 3.33. The summed E-state index contributed by atoms with van der Waals surface area (Å²) in [6, 6.07) is 19.1. The van der Waals surface area contributed by atoms with Gasteiger partial charge in [-0.25, -0.2) is 0 Å². The quantitative estimate of drug-likeness (QED) is 0.776. The molecule has 0 aliphatic heterocycles. The van der Waals surface area contributed by atoms with Crippen LogP contribution in [0.1, 0.15) is 18.1 Å². The van der Waals surface area contributed by atoms with Crippen molar-refractivity contribution in [2.45, 2.75) is 26.3 Å². The van der Waals surface area contributed by atoms with Crippen LogP contribution in [0.2, 0.25) is 0 Å². The fourth-order valence-electron chi connectivity index (χ4n) is 2.22. The molecule has 2 heteroatoms. The molecule has 2 aromatic rings. The first-order chi connectivity index (χ1) is 9.75. The van der Waals surface area contributed by atoms with Gasteiger partial charge in [0.1, 0.15) is 12.4 Å².